The van der Waals surface area contributed by atoms with Crippen LogP contribution in [0, 0.1) is 23.7 Å². The topological polar surface area (TPSA) is 69.7 Å². The fourth-order valence-corrected chi connectivity index (χ4v) is 3.81. The molecule has 6 heteroatoms. The van der Waals surface area contributed by atoms with Crippen LogP contribution in [0.5, 0.6) is 0 Å². The van der Waals surface area contributed by atoms with Crippen LogP contribution in [-0.4, -0.2) is 65.7 Å². The number of ketones is 1. The molecule has 0 aromatic rings. The number of amides is 2. The normalized spacial score (nSPS) is 16.0. The summed E-state index contributed by atoms with van der Waals surface area (Å²) in [4.78, 5) is 43.3. The molecule has 0 aliphatic heterocycles. The number of hydrogen-bond acceptors (Lipinski definition) is 4. The van der Waals surface area contributed by atoms with E-state index in [0.717, 1.165) is 6.42 Å². The summed E-state index contributed by atoms with van der Waals surface area (Å²) < 4.78 is 0. The van der Waals surface area contributed by atoms with E-state index in [9.17, 15) is 14.4 Å². The summed E-state index contributed by atoms with van der Waals surface area (Å²) in [5.41, 5.74) is 0. The van der Waals surface area contributed by atoms with Crippen molar-refractivity contribution >= 4 is 17.6 Å². The van der Waals surface area contributed by atoms with Crippen molar-refractivity contribution in [1.29, 1.82) is 0 Å². The van der Waals surface area contributed by atoms with Gasteiger partial charge in [-0.3, -0.25) is 19.3 Å². The van der Waals surface area contributed by atoms with Crippen molar-refractivity contribution in [2.45, 2.75) is 106 Å². The Morgan fingerprint density at radius 1 is 0.871 bits per heavy atom. The van der Waals surface area contributed by atoms with Crippen LogP contribution in [0.15, 0.2) is 0 Å². The number of likely N-dealkylation sites (N-methyl/N-ethyl adjacent to an activating group) is 2. The lowest BCUT2D eigenvalue weighted by atomic mass is 9.91. The predicted octanol–water partition coefficient (Wildman–Crippen LogP) is 3.98. The van der Waals surface area contributed by atoms with E-state index in [2.05, 4.69) is 51.8 Å². The predicted molar refractivity (Wildman–Crippen MR) is 129 cm³/mol. The van der Waals surface area contributed by atoms with Crippen molar-refractivity contribution < 1.29 is 14.4 Å². The molecule has 0 bridgehead atoms. The molecule has 0 fully saturated rings. The van der Waals surface area contributed by atoms with Gasteiger partial charge in [-0.05, 0) is 45.1 Å². The summed E-state index contributed by atoms with van der Waals surface area (Å²) in [6, 6.07) is -1.25. The van der Waals surface area contributed by atoms with Crippen molar-refractivity contribution in [3.63, 3.8) is 0 Å². The molecule has 2 amide bonds. The van der Waals surface area contributed by atoms with Crippen LogP contribution in [0.3, 0.4) is 0 Å². The fraction of sp³-hybridized carbons (Fsp3) is 0.880. The maximum absolute atomic E-state index is 13.5. The molecule has 6 nitrogen and oxygen atoms in total. The molecular weight excluding hydrogens is 390 g/mol. The summed E-state index contributed by atoms with van der Waals surface area (Å²) in [6.45, 7) is 20.0. The summed E-state index contributed by atoms with van der Waals surface area (Å²) >= 11 is 0. The van der Waals surface area contributed by atoms with Gasteiger partial charge in [0.15, 0.2) is 5.78 Å². The van der Waals surface area contributed by atoms with Crippen LogP contribution in [0.25, 0.3) is 0 Å². The summed E-state index contributed by atoms with van der Waals surface area (Å²) in [7, 11) is 3.66. The molecule has 0 aliphatic rings. The van der Waals surface area contributed by atoms with Crippen molar-refractivity contribution in [2.24, 2.45) is 23.7 Å². The monoisotopic (exact) mass is 439 g/mol. The van der Waals surface area contributed by atoms with E-state index in [1.54, 1.807) is 11.9 Å². The lowest BCUT2D eigenvalue weighted by Gasteiger charge is -2.37. The molecule has 0 aromatic carbocycles. The lowest BCUT2D eigenvalue weighted by molar-refractivity contribution is -0.144. The first-order valence-electron chi connectivity index (χ1n) is 12.0. The Labute approximate surface area is 191 Å². The van der Waals surface area contributed by atoms with Gasteiger partial charge in [0.1, 0.15) is 6.04 Å². The summed E-state index contributed by atoms with van der Waals surface area (Å²) in [6.07, 6.45) is 1.48. The quantitative estimate of drug-likeness (QED) is 0.471. The zero-order valence-corrected chi connectivity index (χ0v) is 22.2. The zero-order valence-electron chi connectivity index (χ0n) is 22.2. The minimum atomic E-state index is -0.667. The average molecular weight is 440 g/mol. The molecule has 4 atom stereocenters. The molecule has 0 radical (unpaired) electrons. The second-order valence-corrected chi connectivity index (χ2v) is 10.5. The molecule has 0 saturated carbocycles. The third-order valence-electron chi connectivity index (χ3n) is 6.34. The van der Waals surface area contributed by atoms with E-state index in [4.69, 9.17) is 0 Å². The molecule has 0 heterocycles. The van der Waals surface area contributed by atoms with Gasteiger partial charge in [0, 0.05) is 19.0 Å². The van der Waals surface area contributed by atoms with Crippen LogP contribution in [0.2, 0.25) is 0 Å². The minimum Gasteiger partial charge on any atom is -0.343 e. The number of hydrogen-bond donors (Lipinski definition) is 1. The van der Waals surface area contributed by atoms with Gasteiger partial charge in [0.05, 0.1) is 12.1 Å². The van der Waals surface area contributed by atoms with Crippen LogP contribution in [0.1, 0.15) is 82.1 Å². The number of nitrogens with one attached hydrogen (secondary N) is 1. The summed E-state index contributed by atoms with van der Waals surface area (Å²) in [5, 5.41) is 3.04. The molecule has 0 aromatic heterocycles. The van der Waals surface area contributed by atoms with Gasteiger partial charge in [0.2, 0.25) is 11.8 Å². The van der Waals surface area contributed by atoms with Crippen LogP contribution >= 0.6 is 0 Å². The molecular formula is C25H49N3O3. The highest BCUT2D eigenvalue weighted by molar-refractivity contribution is 5.94. The van der Waals surface area contributed by atoms with Gasteiger partial charge in [-0.2, -0.15) is 0 Å². The van der Waals surface area contributed by atoms with Crippen molar-refractivity contribution in [3.05, 3.63) is 0 Å². The lowest BCUT2D eigenvalue weighted by Crippen LogP contribution is -2.59. The number of rotatable bonds is 13. The number of carbonyl (C=O) groups excluding carboxylic acids is 3. The second-order valence-electron chi connectivity index (χ2n) is 10.5. The van der Waals surface area contributed by atoms with Gasteiger partial charge < -0.3 is 10.2 Å². The third kappa shape index (κ3) is 8.55. The smallest absolute Gasteiger partial charge is 0.245 e. The number of carbonyl (C=O) groups is 3. The SMILES string of the molecule is CC[C@H](C)[C@@H](C(=O)N[C@H](C(=O)N(C)[C@@H](CC(C)C)C(=O)C(C)C)C(C)C)N(C)C(C)C. The molecule has 1 N–H and O–H groups in total. The molecule has 31 heavy (non-hydrogen) atoms. The number of Topliss-reactive ketones (excluding diaryl/α,β-unsaturated/α-hetero) is 1. The number of nitrogens with zero attached hydrogens (tertiary/aromatic N) is 2. The standard InChI is InChI=1S/C25H49N3O3/c1-13-19(10)22(27(11)18(8)9)24(30)26-21(16(4)5)25(31)28(12)20(14-15(2)3)23(29)17(6)7/h15-22H,13-14H2,1-12H3,(H,26,30)/t19-,20-,21-,22-/m0/s1. The fourth-order valence-electron chi connectivity index (χ4n) is 3.81. The van der Waals surface area contributed by atoms with Crippen molar-refractivity contribution in [1.82, 2.24) is 15.1 Å². The Kier molecular flexibility index (Phi) is 12.6. The molecule has 0 spiro atoms. The highest BCUT2D eigenvalue weighted by Gasteiger charge is 2.37. The summed E-state index contributed by atoms with van der Waals surface area (Å²) in [5.74, 6) is -0.0564. The van der Waals surface area contributed by atoms with E-state index >= 15 is 0 Å². The third-order valence-corrected chi connectivity index (χ3v) is 6.34. The van der Waals surface area contributed by atoms with Crippen LogP contribution in [0.4, 0.5) is 0 Å². The van der Waals surface area contributed by atoms with Gasteiger partial charge >= 0.3 is 0 Å². The van der Waals surface area contributed by atoms with Crippen molar-refractivity contribution in [3.8, 4) is 0 Å². The molecule has 0 saturated heterocycles. The first-order chi connectivity index (χ1) is 14.2. The maximum atomic E-state index is 13.5. The highest BCUT2D eigenvalue weighted by Crippen LogP contribution is 2.20. The van der Waals surface area contributed by atoms with Crippen LogP contribution in [-0.2, 0) is 14.4 Å². The Morgan fingerprint density at radius 2 is 1.39 bits per heavy atom. The van der Waals surface area contributed by atoms with Gasteiger partial charge in [-0.15, -0.1) is 0 Å². The first-order valence-corrected chi connectivity index (χ1v) is 12.0. The van der Waals surface area contributed by atoms with E-state index in [1.807, 2.05) is 34.7 Å². The van der Waals surface area contributed by atoms with Gasteiger partial charge in [-0.1, -0.05) is 61.8 Å². The van der Waals surface area contributed by atoms with E-state index in [0.29, 0.717) is 6.42 Å². The Balaban J connectivity index is 5.81. The Hall–Kier alpha value is -1.43. The Morgan fingerprint density at radius 3 is 1.74 bits per heavy atom. The largest absolute Gasteiger partial charge is 0.343 e. The maximum Gasteiger partial charge on any atom is 0.245 e. The Bertz CT molecular complexity index is 587. The van der Waals surface area contributed by atoms with E-state index in [-0.39, 0.29) is 53.4 Å². The van der Waals surface area contributed by atoms with Crippen molar-refractivity contribution in [2.75, 3.05) is 14.1 Å². The molecule has 0 aliphatic carbocycles. The second kappa shape index (κ2) is 13.2. The molecule has 182 valence electrons. The first kappa shape index (κ1) is 29.6. The molecule has 0 rings (SSSR count). The van der Waals surface area contributed by atoms with Gasteiger partial charge in [-0.25, -0.2) is 0 Å². The minimum absolute atomic E-state index is 0.0652. The van der Waals surface area contributed by atoms with Crippen LogP contribution < -0.4 is 5.32 Å². The van der Waals surface area contributed by atoms with Gasteiger partial charge in [0.25, 0.3) is 0 Å². The molecule has 0 unspecified atom stereocenters. The average Bonchev–Trinajstić information content (AvgIpc) is 2.67. The zero-order chi connectivity index (χ0) is 24.6. The van der Waals surface area contributed by atoms with E-state index in [1.165, 1.54) is 0 Å². The van der Waals surface area contributed by atoms with E-state index < -0.39 is 12.1 Å². The highest BCUT2D eigenvalue weighted by atomic mass is 16.2.